The maximum atomic E-state index is 10.8. The van der Waals surface area contributed by atoms with E-state index < -0.39 is 18.3 Å². The van der Waals surface area contributed by atoms with Crippen LogP contribution in [0.15, 0.2) is 48.7 Å². The van der Waals surface area contributed by atoms with Crippen LogP contribution >= 0.6 is 11.6 Å². The van der Waals surface area contributed by atoms with Crippen LogP contribution in [0.1, 0.15) is 25.0 Å². The van der Waals surface area contributed by atoms with E-state index in [-0.39, 0.29) is 6.04 Å². The lowest BCUT2D eigenvalue weighted by Crippen LogP contribution is -2.45. The van der Waals surface area contributed by atoms with E-state index in [0.717, 1.165) is 16.5 Å². The number of halogens is 1. The van der Waals surface area contributed by atoms with Gasteiger partial charge in [-0.15, -0.1) is 0 Å². The number of carbonyl (C=O) groups is 1. The molecule has 0 bridgehead atoms. The van der Waals surface area contributed by atoms with E-state index in [1.165, 1.54) is 0 Å². The maximum Gasteiger partial charge on any atom is 0.341 e. The van der Waals surface area contributed by atoms with Gasteiger partial charge in [0.2, 0.25) is 0 Å². The molecule has 7 heteroatoms. The third kappa shape index (κ3) is 4.65. The van der Waals surface area contributed by atoms with Crippen LogP contribution in [0.3, 0.4) is 0 Å². The molecule has 1 heterocycles. The predicted molar refractivity (Wildman–Crippen MR) is 109 cm³/mol. The number of carboxylic acid groups (broad SMARTS) is 1. The Morgan fingerprint density at radius 1 is 1.32 bits per heavy atom. The van der Waals surface area contributed by atoms with Gasteiger partial charge in [0.25, 0.3) is 0 Å². The number of aliphatic hydroxyl groups is 1. The van der Waals surface area contributed by atoms with Gasteiger partial charge in [-0.2, -0.15) is 0 Å². The van der Waals surface area contributed by atoms with Gasteiger partial charge in [0.1, 0.15) is 11.5 Å². The lowest BCUT2D eigenvalue weighted by molar-refractivity contribution is -0.139. The summed E-state index contributed by atoms with van der Waals surface area (Å²) in [5.41, 5.74) is 1.26. The van der Waals surface area contributed by atoms with E-state index >= 15 is 0 Å². The second kappa shape index (κ2) is 8.22. The van der Waals surface area contributed by atoms with Crippen LogP contribution in [0, 0.1) is 0 Å². The summed E-state index contributed by atoms with van der Waals surface area (Å²) in [6, 6.07) is 12.6. The Morgan fingerprint density at radius 3 is 2.79 bits per heavy atom. The number of hydrogen-bond acceptors (Lipinski definition) is 4. The van der Waals surface area contributed by atoms with Crippen LogP contribution in [0.4, 0.5) is 0 Å². The molecular weight excluding hydrogens is 380 g/mol. The first-order valence-corrected chi connectivity index (χ1v) is 9.34. The summed E-state index contributed by atoms with van der Waals surface area (Å²) in [7, 11) is 0. The molecule has 0 aliphatic heterocycles. The Bertz CT molecular complexity index is 983. The predicted octanol–water partition coefficient (Wildman–Crippen LogP) is 3.67. The van der Waals surface area contributed by atoms with Crippen molar-refractivity contribution in [3.8, 4) is 5.75 Å². The molecule has 0 unspecified atom stereocenters. The summed E-state index contributed by atoms with van der Waals surface area (Å²) in [6.07, 6.45) is 2.53. The number of ether oxygens (including phenoxy) is 1. The molecule has 0 saturated heterocycles. The fraction of sp³-hybridized carbons (Fsp3) is 0.286. The second-order valence-electron chi connectivity index (χ2n) is 7.01. The summed E-state index contributed by atoms with van der Waals surface area (Å²) >= 11 is 6.04. The lowest BCUT2D eigenvalue weighted by Gasteiger charge is -2.29. The molecule has 4 N–H and O–H groups in total. The SMILES string of the molecule is C[C@H](Cc1c[nH]c2c(OCC(=O)O)cccc12)N[C@](C)(O)c1cccc(Cl)c1. The zero-order valence-corrected chi connectivity index (χ0v) is 16.5. The van der Waals surface area contributed by atoms with Crippen molar-refractivity contribution in [3.05, 3.63) is 64.8 Å². The minimum atomic E-state index is -1.23. The van der Waals surface area contributed by atoms with Crippen LogP contribution in [-0.2, 0) is 16.9 Å². The molecule has 1 aromatic heterocycles. The van der Waals surface area contributed by atoms with E-state index in [4.69, 9.17) is 21.4 Å². The highest BCUT2D eigenvalue weighted by Gasteiger charge is 2.25. The number of fused-ring (bicyclic) bond motifs is 1. The number of nitrogens with one attached hydrogen (secondary N) is 2. The van der Waals surface area contributed by atoms with Crippen molar-refractivity contribution in [2.75, 3.05) is 6.61 Å². The summed E-state index contributed by atoms with van der Waals surface area (Å²) < 4.78 is 5.35. The van der Waals surface area contributed by atoms with Crippen LogP contribution in [-0.4, -0.2) is 33.8 Å². The molecule has 0 radical (unpaired) electrons. The van der Waals surface area contributed by atoms with E-state index in [0.29, 0.717) is 22.8 Å². The molecule has 0 fully saturated rings. The van der Waals surface area contributed by atoms with Crippen molar-refractivity contribution in [1.82, 2.24) is 10.3 Å². The van der Waals surface area contributed by atoms with Crippen molar-refractivity contribution in [2.45, 2.75) is 32.0 Å². The van der Waals surface area contributed by atoms with E-state index in [9.17, 15) is 9.90 Å². The maximum absolute atomic E-state index is 10.8. The Morgan fingerprint density at radius 2 is 2.07 bits per heavy atom. The van der Waals surface area contributed by atoms with Crippen LogP contribution < -0.4 is 10.1 Å². The Hall–Kier alpha value is -2.54. The number of aromatic nitrogens is 1. The second-order valence-corrected chi connectivity index (χ2v) is 7.44. The van der Waals surface area contributed by atoms with Crippen molar-refractivity contribution < 1.29 is 19.7 Å². The molecule has 0 aliphatic carbocycles. The number of hydrogen-bond donors (Lipinski definition) is 4. The van der Waals surface area contributed by atoms with Gasteiger partial charge >= 0.3 is 5.97 Å². The van der Waals surface area contributed by atoms with Crippen LogP contribution in [0.2, 0.25) is 5.02 Å². The van der Waals surface area contributed by atoms with E-state index in [2.05, 4.69) is 10.3 Å². The van der Waals surface area contributed by atoms with Crippen molar-refractivity contribution in [1.29, 1.82) is 0 Å². The molecule has 2 atom stereocenters. The monoisotopic (exact) mass is 402 g/mol. The smallest absolute Gasteiger partial charge is 0.341 e. The van der Waals surface area contributed by atoms with Gasteiger partial charge in [-0.05, 0) is 49.6 Å². The third-order valence-corrected chi connectivity index (χ3v) is 4.79. The topological polar surface area (TPSA) is 94.6 Å². The fourth-order valence-electron chi connectivity index (χ4n) is 3.35. The van der Waals surface area contributed by atoms with Crippen molar-refractivity contribution >= 4 is 28.5 Å². The average molecular weight is 403 g/mol. The zero-order chi connectivity index (χ0) is 20.3. The molecule has 0 amide bonds. The molecule has 3 aromatic rings. The molecule has 0 spiro atoms. The minimum Gasteiger partial charge on any atom is -0.480 e. The number of aliphatic carboxylic acids is 1. The zero-order valence-electron chi connectivity index (χ0n) is 15.7. The normalized spacial score (nSPS) is 14.6. The highest BCUT2D eigenvalue weighted by molar-refractivity contribution is 6.30. The molecule has 2 aromatic carbocycles. The first-order valence-electron chi connectivity index (χ1n) is 8.96. The summed E-state index contributed by atoms with van der Waals surface area (Å²) in [5.74, 6) is -0.525. The number of rotatable bonds is 8. The van der Waals surface area contributed by atoms with Gasteiger partial charge in [0.05, 0.1) is 5.52 Å². The van der Waals surface area contributed by atoms with Crippen molar-refractivity contribution in [3.63, 3.8) is 0 Å². The largest absolute Gasteiger partial charge is 0.480 e. The van der Waals surface area contributed by atoms with Crippen molar-refractivity contribution in [2.24, 2.45) is 0 Å². The highest BCUT2D eigenvalue weighted by Crippen LogP contribution is 2.29. The average Bonchev–Trinajstić information content (AvgIpc) is 3.03. The van der Waals surface area contributed by atoms with Crippen LogP contribution in [0.25, 0.3) is 10.9 Å². The van der Waals surface area contributed by atoms with Gasteiger partial charge in [0, 0.05) is 22.6 Å². The Kier molecular flexibility index (Phi) is 5.93. The minimum absolute atomic E-state index is 0.0448. The third-order valence-electron chi connectivity index (χ3n) is 4.55. The van der Waals surface area contributed by atoms with Gasteiger partial charge in [0.15, 0.2) is 6.61 Å². The molecule has 28 heavy (non-hydrogen) atoms. The Balaban J connectivity index is 1.75. The molecule has 3 rings (SSSR count). The number of benzene rings is 2. The number of para-hydroxylation sites is 1. The number of H-pyrrole nitrogens is 1. The van der Waals surface area contributed by atoms with Gasteiger partial charge in [-0.3, -0.25) is 5.32 Å². The molecule has 0 saturated carbocycles. The number of carboxylic acids is 1. The molecule has 0 aliphatic rings. The van der Waals surface area contributed by atoms with Crippen LogP contribution in [0.5, 0.6) is 5.75 Å². The lowest BCUT2D eigenvalue weighted by atomic mass is 10.0. The van der Waals surface area contributed by atoms with Gasteiger partial charge < -0.3 is 19.9 Å². The van der Waals surface area contributed by atoms with Gasteiger partial charge in [-0.1, -0.05) is 35.9 Å². The standard InChI is InChI=1S/C21H23ClN2O4/c1-13(24-21(2,27)15-5-3-6-16(22)10-15)9-14-11-23-20-17(14)7-4-8-18(20)28-12-19(25)26/h3-8,10-11,13,23-24,27H,9,12H2,1-2H3,(H,25,26)/t13-,21-/m1/s1. The first-order chi connectivity index (χ1) is 13.3. The first kappa shape index (κ1) is 20.2. The van der Waals surface area contributed by atoms with Gasteiger partial charge in [-0.25, -0.2) is 4.79 Å². The summed E-state index contributed by atoms with van der Waals surface area (Å²) in [5, 5.41) is 24.4. The highest BCUT2D eigenvalue weighted by atomic mass is 35.5. The van der Waals surface area contributed by atoms with E-state index in [1.54, 1.807) is 31.2 Å². The fourth-order valence-corrected chi connectivity index (χ4v) is 3.54. The summed E-state index contributed by atoms with van der Waals surface area (Å²) in [6.45, 7) is 3.29. The Labute approximate surface area is 168 Å². The molecule has 148 valence electrons. The molecule has 6 nitrogen and oxygen atoms in total. The quantitative estimate of drug-likeness (QED) is 0.431. The van der Waals surface area contributed by atoms with E-state index in [1.807, 2.05) is 31.3 Å². The summed E-state index contributed by atoms with van der Waals surface area (Å²) in [4.78, 5) is 13.9. The number of aromatic amines is 1. The molecular formula is C21H23ClN2O4.